The van der Waals surface area contributed by atoms with Gasteiger partial charge in [-0.1, -0.05) is 18.2 Å². The quantitative estimate of drug-likeness (QED) is 0.647. The second-order valence-corrected chi connectivity index (χ2v) is 3.78. The number of para-hydroxylation sites is 1. The second kappa shape index (κ2) is 4.33. The summed E-state index contributed by atoms with van der Waals surface area (Å²) in [4.78, 5) is 0. The molecule has 76 valence electrons. The summed E-state index contributed by atoms with van der Waals surface area (Å²) < 4.78 is 13.4. The molecule has 1 aliphatic rings. The summed E-state index contributed by atoms with van der Waals surface area (Å²) in [5, 5.41) is 0. The average molecular weight is 201 g/mol. The maximum Gasteiger partial charge on any atom is 0.425 e. The smallest absolute Gasteiger partial charge is 0.425 e. The van der Waals surface area contributed by atoms with Gasteiger partial charge in [0.25, 0.3) is 0 Å². The van der Waals surface area contributed by atoms with Crippen molar-refractivity contribution in [2.45, 2.75) is 20.5 Å². The summed E-state index contributed by atoms with van der Waals surface area (Å²) in [7, 11) is -0.0349. The minimum atomic E-state index is -0.130. The topological polar surface area (TPSA) is 21.7 Å². The normalized spacial score (nSPS) is 17.3. The highest BCUT2D eigenvalue weighted by Crippen LogP contribution is 2.21. The lowest BCUT2D eigenvalue weighted by Crippen LogP contribution is -2.58. The van der Waals surface area contributed by atoms with Crippen molar-refractivity contribution in [1.29, 1.82) is 0 Å². The van der Waals surface area contributed by atoms with Gasteiger partial charge in [-0.3, -0.25) is 0 Å². The van der Waals surface area contributed by atoms with Gasteiger partial charge in [-0.05, 0) is 32.6 Å². The molecule has 6 heteroatoms. The van der Waals surface area contributed by atoms with Crippen LogP contribution in [0.3, 0.4) is 0 Å². The summed E-state index contributed by atoms with van der Waals surface area (Å²) in [5.74, 6) is 0. The maximum absolute atomic E-state index is 5.63. The van der Waals surface area contributed by atoms with Crippen LogP contribution in [0.4, 0.5) is 5.69 Å². The highest BCUT2D eigenvalue weighted by molar-refractivity contribution is 6.85. The largest absolute Gasteiger partial charge is 0.458 e. The first kappa shape index (κ1) is 10.6. The van der Waals surface area contributed by atoms with Crippen LogP contribution in [0.1, 0.15) is 0 Å². The molecule has 0 saturated carbocycles. The molecule has 1 aromatic rings. The van der Waals surface area contributed by atoms with Gasteiger partial charge in [0.1, 0.15) is 0 Å². The predicted octanol–water partition coefficient (Wildman–Crippen LogP) is 1.89. The van der Waals surface area contributed by atoms with E-state index in [0.29, 0.717) is 0 Å². The maximum atomic E-state index is 5.63. The zero-order valence-corrected chi connectivity index (χ0v) is 9.38. The molecule has 2 rings (SSSR count). The summed E-state index contributed by atoms with van der Waals surface area (Å²) in [6.07, 6.45) is 0. The van der Waals surface area contributed by atoms with Crippen molar-refractivity contribution < 1.29 is 9.14 Å². The van der Waals surface area contributed by atoms with Gasteiger partial charge >= 0.3 is 21.2 Å². The molecule has 1 fully saturated rings. The molecule has 0 amide bonds. The SMILES string of the molecule is CB1OB(C)N(c2ccccc2)B(C)O1. The van der Waals surface area contributed by atoms with Crippen LogP contribution in [0, 0.1) is 0 Å². The fraction of sp³-hybridized carbons (Fsp3) is 0.333. The van der Waals surface area contributed by atoms with E-state index in [1.54, 1.807) is 0 Å². The van der Waals surface area contributed by atoms with Crippen LogP contribution in [0.15, 0.2) is 30.3 Å². The molecule has 0 radical (unpaired) electrons. The van der Waals surface area contributed by atoms with Gasteiger partial charge in [0.15, 0.2) is 0 Å². The van der Waals surface area contributed by atoms with Crippen molar-refractivity contribution in [3.8, 4) is 0 Å². The fourth-order valence-electron chi connectivity index (χ4n) is 2.03. The number of nitrogens with zero attached hydrogens (tertiary/aromatic N) is 1. The first-order valence-corrected chi connectivity index (χ1v) is 5.33. The van der Waals surface area contributed by atoms with Crippen LogP contribution < -0.4 is 4.72 Å². The standard InChI is InChI=1S/C9H14B3NO2/c1-10-13(9-7-5-4-6-8-9)11(2)15-12(3)14-10/h4-8H,1-3H3. The van der Waals surface area contributed by atoms with Crippen LogP contribution in [-0.2, 0) is 9.14 Å². The third kappa shape index (κ3) is 2.21. The van der Waals surface area contributed by atoms with Crippen molar-refractivity contribution in [3.05, 3.63) is 30.3 Å². The Balaban J connectivity index is 2.21. The van der Waals surface area contributed by atoms with Gasteiger partial charge in [-0.15, -0.1) is 0 Å². The van der Waals surface area contributed by atoms with Crippen LogP contribution in [-0.4, -0.2) is 21.2 Å². The summed E-state index contributed by atoms with van der Waals surface area (Å²) in [6, 6.07) is 10.2. The molecule has 1 aliphatic heterocycles. The van der Waals surface area contributed by atoms with E-state index >= 15 is 0 Å². The van der Waals surface area contributed by atoms with E-state index in [0.717, 1.165) is 5.69 Å². The Kier molecular flexibility index (Phi) is 3.07. The minimum absolute atomic E-state index is 0.0474. The van der Waals surface area contributed by atoms with Gasteiger partial charge in [0, 0.05) is 5.69 Å². The van der Waals surface area contributed by atoms with Crippen molar-refractivity contribution in [2.24, 2.45) is 0 Å². The van der Waals surface area contributed by atoms with Crippen molar-refractivity contribution in [1.82, 2.24) is 0 Å². The Bertz CT molecular complexity index is 312. The molecule has 1 saturated heterocycles. The molecule has 0 aliphatic carbocycles. The Morgan fingerprint density at radius 2 is 1.47 bits per heavy atom. The third-order valence-corrected chi connectivity index (χ3v) is 2.61. The van der Waals surface area contributed by atoms with Crippen molar-refractivity contribution in [3.63, 3.8) is 0 Å². The molecule has 1 aromatic carbocycles. The molecule has 0 bridgehead atoms. The molecule has 0 spiro atoms. The van der Waals surface area contributed by atoms with E-state index in [2.05, 4.69) is 16.9 Å². The fourth-order valence-corrected chi connectivity index (χ4v) is 2.03. The van der Waals surface area contributed by atoms with E-state index in [9.17, 15) is 0 Å². The van der Waals surface area contributed by atoms with Crippen molar-refractivity contribution >= 4 is 26.9 Å². The van der Waals surface area contributed by atoms with Gasteiger partial charge < -0.3 is 13.9 Å². The van der Waals surface area contributed by atoms with Crippen LogP contribution >= 0.6 is 0 Å². The lowest BCUT2D eigenvalue weighted by atomic mass is 9.61. The van der Waals surface area contributed by atoms with E-state index < -0.39 is 0 Å². The number of anilines is 1. The molecule has 1 heterocycles. The number of hydrogen-bond donors (Lipinski definition) is 0. The van der Waals surface area contributed by atoms with Crippen LogP contribution in [0.5, 0.6) is 0 Å². The molecule has 0 atom stereocenters. The average Bonchev–Trinajstić information content (AvgIpc) is 2.17. The Morgan fingerprint density at radius 1 is 0.933 bits per heavy atom. The Labute approximate surface area is 92.2 Å². The van der Waals surface area contributed by atoms with Crippen LogP contribution in [0.25, 0.3) is 0 Å². The first-order chi connectivity index (χ1) is 7.18. The highest BCUT2D eigenvalue weighted by Gasteiger charge is 2.38. The summed E-state index contributed by atoms with van der Waals surface area (Å²) in [5.41, 5.74) is 1.13. The number of benzene rings is 1. The molecule has 3 nitrogen and oxygen atoms in total. The zero-order valence-electron chi connectivity index (χ0n) is 9.38. The lowest BCUT2D eigenvalue weighted by Gasteiger charge is -2.39. The molecule has 0 unspecified atom stereocenters. The molecule has 0 N–H and O–H groups in total. The van der Waals surface area contributed by atoms with E-state index in [4.69, 9.17) is 9.14 Å². The predicted molar refractivity (Wildman–Crippen MR) is 65.9 cm³/mol. The van der Waals surface area contributed by atoms with E-state index in [1.165, 1.54) is 0 Å². The Hall–Kier alpha value is -0.865. The molecule has 0 aromatic heterocycles. The minimum Gasteiger partial charge on any atom is -0.458 e. The second-order valence-electron chi connectivity index (χ2n) is 3.78. The monoisotopic (exact) mass is 201 g/mol. The first-order valence-electron chi connectivity index (χ1n) is 5.33. The zero-order chi connectivity index (χ0) is 10.8. The van der Waals surface area contributed by atoms with Gasteiger partial charge in [-0.2, -0.15) is 0 Å². The van der Waals surface area contributed by atoms with Crippen LogP contribution in [0.2, 0.25) is 20.5 Å². The third-order valence-electron chi connectivity index (χ3n) is 2.61. The van der Waals surface area contributed by atoms with Crippen molar-refractivity contribution in [2.75, 3.05) is 4.72 Å². The van der Waals surface area contributed by atoms with Gasteiger partial charge in [-0.25, -0.2) is 0 Å². The number of rotatable bonds is 1. The van der Waals surface area contributed by atoms with Gasteiger partial charge in [0.05, 0.1) is 0 Å². The molecule has 15 heavy (non-hydrogen) atoms. The molecular formula is C9H14B3NO2. The van der Waals surface area contributed by atoms with E-state index in [-0.39, 0.29) is 21.2 Å². The highest BCUT2D eigenvalue weighted by atomic mass is 16.6. The summed E-state index contributed by atoms with van der Waals surface area (Å²) >= 11 is 0. The molecular weight excluding hydrogens is 187 g/mol. The van der Waals surface area contributed by atoms with Gasteiger partial charge in [0.2, 0.25) is 0 Å². The Morgan fingerprint density at radius 3 is 2.00 bits per heavy atom. The summed E-state index contributed by atoms with van der Waals surface area (Å²) in [6.45, 7) is 6.01. The number of hydrogen-bond acceptors (Lipinski definition) is 3. The lowest BCUT2D eigenvalue weighted by molar-refractivity contribution is 0.423. The van der Waals surface area contributed by atoms with E-state index in [1.807, 2.05) is 38.7 Å².